The van der Waals surface area contributed by atoms with E-state index in [1.54, 1.807) is 27.7 Å². The lowest BCUT2D eigenvalue weighted by molar-refractivity contribution is 0.118. The van der Waals surface area contributed by atoms with Crippen LogP contribution < -0.4 is 0 Å². The molecular weight excluding hydrogens is 265 g/mol. The second-order valence-corrected chi connectivity index (χ2v) is 5.56. The molecule has 0 aliphatic heterocycles. The van der Waals surface area contributed by atoms with Crippen molar-refractivity contribution >= 4 is 15.7 Å². The third-order valence-corrected chi connectivity index (χ3v) is 2.02. The molecule has 0 aliphatic rings. The summed E-state index contributed by atoms with van der Waals surface area (Å²) in [4.78, 5) is 21.6. The summed E-state index contributed by atoms with van der Waals surface area (Å²) in [6.45, 7) is 6.37. The predicted octanol–water partition coefficient (Wildman–Crippen LogP) is 1.99. The zero-order valence-corrected chi connectivity index (χ0v) is 11.2. The summed E-state index contributed by atoms with van der Waals surface area (Å²) < 4.78 is 41.1. The highest BCUT2D eigenvalue weighted by Gasteiger charge is 2.26. The Bertz CT molecular complexity index is 252. The Hall–Kier alpha value is 0.190. The van der Waals surface area contributed by atoms with Gasteiger partial charge in [0.05, 0.1) is 12.2 Å². The Labute approximate surface area is 93.5 Å². The molecule has 7 nitrogen and oxygen atoms in total. The van der Waals surface area contributed by atoms with Gasteiger partial charge in [0.2, 0.25) is 0 Å². The molecule has 0 radical (unpaired) electrons. The number of phosphoric acid groups is 1. The van der Waals surface area contributed by atoms with E-state index in [0.717, 1.165) is 0 Å². The van der Waals surface area contributed by atoms with E-state index >= 15 is 0 Å². The van der Waals surface area contributed by atoms with Crippen LogP contribution in [0.4, 0.5) is 4.20 Å². The number of hydrogen-bond donors (Lipinski definition) is 3. The molecule has 0 fully saturated rings. The second-order valence-electron chi connectivity index (χ2n) is 3.25. The summed E-state index contributed by atoms with van der Waals surface area (Å²) in [6, 6.07) is 0. The summed E-state index contributed by atoms with van der Waals surface area (Å²) in [5, 5.41) is 0. The zero-order valence-electron chi connectivity index (χ0n) is 9.40. The van der Waals surface area contributed by atoms with E-state index in [2.05, 4.69) is 9.05 Å². The van der Waals surface area contributed by atoms with E-state index in [4.69, 9.17) is 19.2 Å². The standard InChI is InChI=1S/C6H14FO3P.H3O4P/c1-5(2)9-11(7,8)10-6(3)4;1-5(2,3)4/h5-6H,1-4H3;(H3,1,2,3,4). The van der Waals surface area contributed by atoms with E-state index in [1.807, 2.05) is 0 Å². The van der Waals surface area contributed by atoms with E-state index in [9.17, 15) is 8.76 Å². The van der Waals surface area contributed by atoms with Crippen LogP contribution in [0.3, 0.4) is 0 Å². The molecule has 0 atom stereocenters. The summed E-state index contributed by atoms with van der Waals surface area (Å²) >= 11 is 0. The summed E-state index contributed by atoms with van der Waals surface area (Å²) in [5.41, 5.74) is 0. The maximum Gasteiger partial charge on any atom is 0.513 e. The Balaban J connectivity index is 0. The van der Waals surface area contributed by atoms with Crippen LogP contribution in [0.15, 0.2) is 0 Å². The molecule has 0 spiro atoms. The number of rotatable bonds is 4. The van der Waals surface area contributed by atoms with Crippen molar-refractivity contribution in [1.82, 2.24) is 0 Å². The monoisotopic (exact) mass is 282 g/mol. The molecule has 0 bridgehead atoms. The zero-order chi connectivity index (χ0) is 13.6. The van der Waals surface area contributed by atoms with Crippen molar-refractivity contribution < 1.29 is 37.1 Å². The van der Waals surface area contributed by atoms with Gasteiger partial charge in [-0.3, -0.25) is 9.05 Å². The van der Waals surface area contributed by atoms with Gasteiger partial charge in [-0.2, -0.15) is 0 Å². The van der Waals surface area contributed by atoms with Crippen molar-refractivity contribution in [2.45, 2.75) is 39.9 Å². The third-order valence-electron chi connectivity index (χ3n) is 0.673. The lowest BCUT2D eigenvalue weighted by Gasteiger charge is -2.14. The smallest absolute Gasteiger partial charge is 0.303 e. The fourth-order valence-corrected chi connectivity index (χ4v) is 1.59. The van der Waals surface area contributed by atoms with Crippen LogP contribution in [0.1, 0.15) is 27.7 Å². The maximum atomic E-state index is 12.7. The normalized spacial score (nSPS) is 12.6. The van der Waals surface area contributed by atoms with Gasteiger partial charge in [0.1, 0.15) is 0 Å². The molecule has 3 N–H and O–H groups in total. The molecule has 0 heterocycles. The number of hydrogen-bond acceptors (Lipinski definition) is 4. The lowest BCUT2D eigenvalue weighted by atomic mass is 10.5. The minimum absolute atomic E-state index is 0.426. The maximum absolute atomic E-state index is 12.7. The van der Waals surface area contributed by atoms with Gasteiger partial charge < -0.3 is 14.7 Å². The molecule has 0 saturated heterocycles. The van der Waals surface area contributed by atoms with Gasteiger partial charge in [-0.25, -0.2) is 9.13 Å². The first-order chi connectivity index (χ1) is 6.83. The minimum Gasteiger partial charge on any atom is -0.303 e. The van der Waals surface area contributed by atoms with Gasteiger partial charge in [0, 0.05) is 0 Å². The average Bonchev–Trinajstić information content (AvgIpc) is 1.72. The fraction of sp³-hybridized carbons (Fsp3) is 1.00. The van der Waals surface area contributed by atoms with Gasteiger partial charge in [0.15, 0.2) is 0 Å². The molecule has 10 heteroatoms. The van der Waals surface area contributed by atoms with E-state index < -0.39 is 27.9 Å². The predicted molar refractivity (Wildman–Crippen MR) is 55.4 cm³/mol. The van der Waals surface area contributed by atoms with Crippen molar-refractivity contribution in [2.24, 2.45) is 0 Å². The van der Waals surface area contributed by atoms with Gasteiger partial charge in [0.25, 0.3) is 0 Å². The highest BCUT2D eigenvalue weighted by Crippen LogP contribution is 2.51. The van der Waals surface area contributed by atoms with Crippen molar-refractivity contribution in [1.29, 1.82) is 0 Å². The first-order valence-corrected chi connectivity index (χ1v) is 7.28. The van der Waals surface area contributed by atoms with Gasteiger partial charge in [-0.1, -0.05) is 0 Å². The second kappa shape index (κ2) is 7.50. The average molecular weight is 282 g/mol. The molecule has 0 saturated carbocycles. The lowest BCUT2D eigenvalue weighted by Crippen LogP contribution is -2.04. The minimum atomic E-state index is -4.64. The molecule has 0 aromatic heterocycles. The Morgan fingerprint density at radius 1 is 0.938 bits per heavy atom. The van der Waals surface area contributed by atoms with E-state index in [-0.39, 0.29) is 0 Å². The molecule has 0 unspecified atom stereocenters. The molecule has 0 rings (SSSR count). The molecule has 100 valence electrons. The van der Waals surface area contributed by atoms with Crippen LogP contribution in [-0.2, 0) is 18.2 Å². The topological polar surface area (TPSA) is 113 Å². The summed E-state index contributed by atoms with van der Waals surface area (Å²) in [5.74, 6) is 0. The van der Waals surface area contributed by atoms with Crippen LogP contribution in [0.25, 0.3) is 0 Å². The molecule has 0 amide bonds. The van der Waals surface area contributed by atoms with E-state index in [1.165, 1.54) is 0 Å². The SMILES string of the molecule is CC(C)OP(=O)(F)OC(C)C.O=P(O)(O)O. The highest BCUT2D eigenvalue weighted by atomic mass is 31.2. The first kappa shape index (κ1) is 18.6. The van der Waals surface area contributed by atoms with Crippen LogP contribution in [0.2, 0.25) is 0 Å². The van der Waals surface area contributed by atoms with Crippen LogP contribution in [0.5, 0.6) is 0 Å². The van der Waals surface area contributed by atoms with Crippen LogP contribution in [0, 0.1) is 0 Å². The molecule has 0 aliphatic carbocycles. The van der Waals surface area contributed by atoms with Crippen LogP contribution in [-0.4, -0.2) is 26.9 Å². The third kappa shape index (κ3) is 23.8. The Morgan fingerprint density at radius 2 is 1.12 bits per heavy atom. The Kier molecular flexibility index (Phi) is 8.70. The molecule has 16 heavy (non-hydrogen) atoms. The molecular formula is C6H17FO7P2. The summed E-state index contributed by atoms with van der Waals surface area (Å²) in [7, 11) is -8.94. The first-order valence-electron chi connectivity index (χ1n) is 4.28. The Morgan fingerprint density at radius 3 is 1.25 bits per heavy atom. The fourth-order valence-electron chi connectivity index (χ4n) is 0.528. The van der Waals surface area contributed by atoms with Gasteiger partial charge in [-0.05, 0) is 27.7 Å². The van der Waals surface area contributed by atoms with Crippen molar-refractivity contribution in [3.63, 3.8) is 0 Å². The summed E-state index contributed by atoms with van der Waals surface area (Å²) in [6.07, 6.45) is -0.853. The molecule has 0 aromatic rings. The van der Waals surface area contributed by atoms with Gasteiger partial charge >= 0.3 is 15.7 Å². The molecule has 0 aromatic carbocycles. The van der Waals surface area contributed by atoms with Crippen molar-refractivity contribution in [3.05, 3.63) is 0 Å². The number of halogens is 1. The van der Waals surface area contributed by atoms with Crippen molar-refractivity contribution in [3.8, 4) is 0 Å². The highest BCUT2D eigenvalue weighted by molar-refractivity contribution is 7.48. The van der Waals surface area contributed by atoms with E-state index in [0.29, 0.717) is 0 Å². The quantitative estimate of drug-likeness (QED) is 0.675. The largest absolute Gasteiger partial charge is 0.513 e. The van der Waals surface area contributed by atoms with Crippen molar-refractivity contribution in [2.75, 3.05) is 0 Å². The van der Waals surface area contributed by atoms with Crippen LogP contribution >= 0.6 is 15.7 Å². The van der Waals surface area contributed by atoms with Gasteiger partial charge in [-0.15, -0.1) is 4.20 Å².